The van der Waals surface area contributed by atoms with E-state index in [9.17, 15) is 19.3 Å². The van der Waals surface area contributed by atoms with E-state index in [1.54, 1.807) is 54.6 Å². The molecule has 3 rings (SSSR count). The number of carbonyl (C=O) groups is 1. The Balaban J connectivity index is 1.51. The number of hydrogen-bond donors (Lipinski definition) is 1. The van der Waals surface area contributed by atoms with Crippen LogP contribution < -0.4 is 10.2 Å². The van der Waals surface area contributed by atoms with Crippen molar-refractivity contribution >= 4 is 17.8 Å². The van der Waals surface area contributed by atoms with E-state index in [4.69, 9.17) is 4.74 Å². The Bertz CT molecular complexity index is 1070. The minimum atomic E-state index is -0.526. The average molecular weight is 407 g/mol. The fourth-order valence-corrected chi connectivity index (χ4v) is 2.66. The monoisotopic (exact) mass is 407 g/mol. The molecule has 0 saturated heterocycles. The minimum absolute atomic E-state index is 0.109. The molecule has 0 radical (unpaired) electrons. The fraction of sp³-hybridized carbons (Fsp3) is 0.0909. The highest BCUT2D eigenvalue weighted by molar-refractivity contribution is 5.83. The van der Waals surface area contributed by atoms with Crippen LogP contribution in [0.25, 0.3) is 0 Å². The van der Waals surface area contributed by atoms with Gasteiger partial charge >= 0.3 is 0 Å². The molecule has 0 saturated carbocycles. The van der Waals surface area contributed by atoms with E-state index in [2.05, 4.69) is 10.5 Å². The molecular formula is C22H18FN3O4. The summed E-state index contributed by atoms with van der Waals surface area (Å²) in [5, 5.41) is 14.9. The molecule has 0 aromatic heterocycles. The molecule has 1 amide bonds. The standard InChI is InChI=1S/C22H18FN3O4/c23-20-7-3-1-6-18(20)15-30-19-11-9-16(10-12-19)14-24-25-22(27)13-17-5-2-4-8-21(17)26(28)29/h1-12,14H,13,15H2,(H,25,27)/b24-14+. The molecule has 0 aliphatic heterocycles. The van der Waals surface area contributed by atoms with Gasteiger partial charge in [-0.15, -0.1) is 0 Å². The van der Waals surface area contributed by atoms with E-state index in [1.165, 1.54) is 24.4 Å². The van der Waals surface area contributed by atoms with Crippen molar-refractivity contribution in [3.63, 3.8) is 0 Å². The maximum atomic E-state index is 13.6. The molecule has 3 aromatic carbocycles. The highest BCUT2D eigenvalue weighted by atomic mass is 19.1. The van der Waals surface area contributed by atoms with E-state index < -0.39 is 10.8 Å². The van der Waals surface area contributed by atoms with Crippen molar-refractivity contribution in [3.05, 3.63) is 105 Å². The number of nitro groups is 1. The third kappa shape index (κ3) is 5.71. The van der Waals surface area contributed by atoms with Gasteiger partial charge in [-0.05, 0) is 35.9 Å². The number of hydrazone groups is 1. The number of nitro benzene ring substituents is 1. The molecular weight excluding hydrogens is 389 g/mol. The first-order valence-corrected chi connectivity index (χ1v) is 9.03. The molecule has 0 bridgehead atoms. The maximum absolute atomic E-state index is 13.6. The van der Waals surface area contributed by atoms with Crippen molar-refractivity contribution in [1.29, 1.82) is 0 Å². The van der Waals surface area contributed by atoms with Crippen LogP contribution in [0, 0.1) is 15.9 Å². The summed E-state index contributed by atoms with van der Waals surface area (Å²) >= 11 is 0. The van der Waals surface area contributed by atoms with Crippen LogP contribution in [-0.4, -0.2) is 17.0 Å². The number of ether oxygens (including phenoxy) is 1. The molecule has 0 heterocycles. The lowest BCUT2D eigenvalue weighted by Gasteiger charge is -2.07. The van der Waals surface area contributed by atoms with Gasteiger partial charge in [-0.2, -0.15) is 5.10 Å². The van der Waals surface area contributed by atoms with Gasteiger partial charge in [-0.25, -0.2) is 9.82 Å². The number of para-hydroxylation sites is 1. The lowest BCUT2D eigenvalue weighted by Crippen LogP contribution is -2.20. The second-order valence-corrected chi connectivity index (χ2v) is 6.30. The number of benzene rings is 3. The van der Waals surface area contributed by atoms with Gasteiger partial charge in [0.2, 0.25) is 5.91 Å². The number of rotatable bonds is 8. The van der Waals surface area contributed by atoms with Crippen LogP contribution in [-0.2, 0) is 17.8 Å². The summed E-state index contributed by atoms with van der Waals surface area (Å²) in [6, 6.07) is 19.3. The van der Waals surface area contributed by atoms with Gasteiger partial charge < -0.3 is 4.74 Å². The number of nitrogens with one attached hydrogen (secondary N) is 1. The Hall–Kier alpha value is -4.07. The van der Waals surface area contributed by atoms with Crippen molar-refractivity contribution in [1.82, 2.24) is 5.43 Å². The molecule has 30 heavy (non-hydrogen) atoms. The zero-order valence-electron chi connectivity index (χ0n) is 15.8. The molecule has 8 heteroatoms. The summed E-state index contributed by atoms with van der Waals surface area (Å²) in [6.45, 7) is 0.113. The lowest BCUT2D eigenvalue weighted by molar-refractivity contribution is -0.385. The summed E-state index contributed by atoms with van der Waals surface area (Å²) in [4.78, 5) is 22.4. The Morgan fingerprint density at radius 3 is 2.40 bits per heavy atom. The summed E-state index contributed by atoms with van der Waals surface area (Å²) in [5.74, 6) is -0.223. The molecule has 0 aliphatic carbocycles. The van der Waals surface area contributed by atoms with Crippen LogP contribution in [0.5, 0.6) is 5.75 Å². The quantitative estimate of drug-likeness (QED) is 0.347. The number of hydrogen-bond acceptors (Lipinski definition) is 5. The van der Waals surface area contributed by atoms with Gasteiger partial charge in [0.25, 0.3) is 5.69 Å². The Labute approximate surface area is 172 Å². The predicted molar refractivity (Wildman–Crippen MR) is 110 cm³/mol. The van der Waals surface area contributed by atoms with Crippen LogP contribution in [0.1, 0.15) is 16.7 Å². The van der Waals surface area contributed by atoms with E-state index in [-0.39, 0.29) is 24.5 Å². The molecule has 0 aliphatic rings. The van der Waals surface area contributed by atoms with Crippen molar-refractivity contribution < 1.29 is 18.8 Å². The molecule has 7 nitrogen and oxygen atoms in total. The summed E-state index contributed by atoms with van der Waals surface area (Å²) < 4.78 is 19.2. The first-order chi connectivity index (χ1) is 14.5. The zero-order chi connectivity index (χ0) is 21.3. The van der Waals surface area contributed by atoms with Gasteiger partial charge in [-0.3, -0.25) is 14.9 Å². The number of halogens is 1. The van der Waals surface area contributed by atoms with Crippen LogP contribution in [0.15, 0.2) is 77.9 Å². The zero-order valence-corrected chi connectivity index (χ0v) is 15.8. The molecule has 0 unspecified atom stereocenters. The van der Waals surface area contributed by atoms with Crippen LogP contribution >= 0.6 is 0 Å². The van der Waals surface area contributed by atoms with Crippen molar-refractivity contribution in [2.45, 2.75) is 13.0 Å². The Morgan fingerprint density at radius 2 is 1.70 bits per heavy atom. The third-order valence-corrected chi connectivity index (χ3v) is 4.17. The summed E-state index contributed by atoms with van der Waals surface area (Å²) in [7, 11) is 0. The summed E-state index contributed by atoms with van der Waals surface area (Å²) in [5.41, 5.74) is 3.72. The molecule has 0 fully saturated rings. The second kappa shape index (κ2) is 9.92. The lowest BCUT2D eigenvalue weighted by atomic mass is 10.1. The van der Waals surface area contributed by atoms with Crippen molar-refractivity contribution in [3.8, 4) is 5.75 Å². The Kier molecular flexibility index (Phi) is 6.83. The van der Waals surface area contributed by atoms with Crippen molar-refractivity contribution in [2.24, 2.45) is 5.10 Å². The first-order valence-electron chi connectivity index (χ1n) is 9.03. The minimum Gasteiger partial charge on any atom is -0.489 e. The molecule has 3 aromatic rings. The smallest absolute Gasteiger partial charge is 0.273 e. The largest absolute Gasteiger partial charge is 0.489 e. The average Bonchev–Trinajstić information content (AvgIpc) is 2.74. The van der Waals surface area contributed by atoms with Crippen LogP contribution in [0.2, 0.25) is 0 Å². The second-order valence-electron chi connectivity index (χ2n) is 6.30. The SMILES string of the molecule is O=C(Cc1ccccc1[N+](=O)[O-])N/N=C/c1ccc(OCc2ccccc2F)cc1. The topological polar surface area (TPSA) is 93.8 Å². The molecule has 1 N–H and O–H groups in total. The van der Waals surface area contributed by atoms with E-state index in [0.29, 0.717) is 22.4 Å². The molecule has 152 valence electrons. The van der Waals surface area contributed by atoms with Gasteiger partial charge in [0.05, 0.1) is 17.6 Å². The number of amides is 1. The van der Waals surface area contributed by atoms with Crippen LogP contribution in [0.4, 0.5) is 10.1 Å². The highest BCUT2D eigenvalue weighted by Gasteiger charge is 2.14. The van der Waals surface area contributed by atoms with Crippen molar-refractivity contribution in [2.75, 3.05) is 0 Å². The first kappa shape index (κ1) is 20.7. The van der Waals surface area contributed by atoms with Gasteiger partial charge in [0.15, 0.2) is 0 Å². The van der Waals surface area contributed by atoms with E-state index in [1.807, 2.05) is 0 Å². The highest BCUT2D eigenvalue weighted by Crippen LogP contribution is 2.18. The molecule has 0 atom stereocenters. The normalized spacial score (nSPS) is 10.7. The Morgan fingerprint density at radius 1 is 1.03 bits per heavy atom. The number of nitrogens with zero attached hydrogens (tertiary/aromatic N) is 2. The van der Waals surface area contributed by atoms with E-state index >= 15 is 0 Å². The molecule has 0 spiro atoms. The summed E-state index contributed by atoms with van der Waals surface area (Å²) in [6.07, 6.45) is 1.29. The fourth-order valence-electron chi connectivity index (χ4n) is 2.66. The third-order valence-electron chi connectivity index (χ3n) is 4.17. The predicted octanol–water partition coefficient (Wildman–Crippen LogP) is 4.01. The van der Waals surface area contributed by atoms with Crippen LogP contribution in [0.3, 0.4) is 0 Å². The maximum Gasteiger partial charge on any atom is 0.273 e. The van der Waals surface area contributed by atoms with Gasteiger partial charge in [0, 0.05) is 17.2 Å². The van der Waals surface area contributed by atoms with Gasteiger partial charge in [0.1, 0.15) is 18.2 Å². The number of carbonyl (C=O) groups excluding carboxylic acids is 1. The van der Waals surface area contributed by atoms with E-state index in [0.717, 1.165) is 0 Å². The van der Waals surface area contributed by atoms with Gasteiger partial charge in [-0.1, -0.05) is 36.4 Å².